The van der Waals surface area contributed by atoms with E-state index >= 15 is 0 Å². The van der Waals surface area contributed by atoms with Crippen molar-refractivity contribution in [2.24, 2.45) is 0 Å². The van der Waals surface area contributed by atoms with E-state index in [1.165, 1.54) is 19.3 Å². The zero-order chi connectivity index (χ0) is 27.2. The second kappa shape index (κ2) is 12.0. The summed E-state index contributed by atoms with van der Waals surface area (Å²) in [6.45, 7) is 1.10. The lowest BCUT2D eigenvalue weighted by Crippen LogP contribution is -2.36. The number of rotatable bonds is 9. The van der Waals surface area contributed by atoms with Crippen LogP contribution in [0.15, 0.2) is 59.5 Å². The molecule has 0 unspecified atom stereocenters. The monoisotopic (exact) mass is 554 g/mol. The van der Waals surface area contributed by atoms with Crippen LogP contribution in [-0.4, -0.2) is 54.8 Å². The van der Waals surface area contributed by atoms with Gasteiger partial charge in [-0.1, -0.05) is 48.0 Å². The summed E-state index contributed by atoms with van der Waals surface area (Å²) in [6.07, 6.45) is 1.47. The number of thioether (sulfide) groups is 1. The maximum atomic E-state index is 13.0. The number of hydrogen-bond donors (Lipinski definition) is 1. The Morgan fingerprint density at radius 2 is 1.87 bits per heavy atom. The molecule has 3 amide bonds. The van der Waals surface area contributed by atoms with E-state index in [0.717, 1.165) is 15.7 Å². The molecule has 38 heavy (non-hydrogen) atoms. The highest BCUT2D eigenvalue weighted by Gasteiger charge is 2.36. The van der Waals surface area contributed by atoms with Crippen molar-refractivity contribution in [3.63, 3.8) is 0 Å². The van der Waals surface area contributed by atoms with Crippen molar-refractivity contribution < 1.29 is 33.4 Å². The van der Waals surface area contributed by atoms with E-state index in [1.54, 1.807) is 19.1 Å². The topological polar surface area (TPSA) is 111 Å². The molecule has 0 aromatic heterocycles. The van der Waals surface area contributed by atoms with Crippen LogP contribution in [0.4, 0.5) is 10.5 Å². The average Bonchev–Trinajstić information content (AvgIpc) is 3.15. The summed E-state index contributed by atoms with van der Waals surface area (Å²) in [5.41, 5.74) is 1.05. The minimum Gasteiger partial charge on any atom is -0.493 e. The number of esters is 1. The second-order valence-corrected chi connectivity index (χ2v) is 9.37. The zero-order valence-electron chi connectivity index (χ0n) is 20.5. The van der Waals surface area contributed by atoms with Crippen molar-refractivity contribution in [2.75, 3.05) is 32.2 Å². The van der Waals surface area contributed by atoms with E-state index in [9.17, 15) is 19.2 Å². The van der Waals surface area contributed by atoms with Crippen molar-refractivity contribution in [1.29, 1.82) is 0 Å². The Morgan fingerprint density at radius 3 is 2.63 bits per heavy atom. The predicted octanol–water partition coefficient (Wildman–Crippen LogP) is 5.12. The Kier molecular flexibility index (Phi) is 8.55. The Bertz CT molecular complexity index is 1450. The van der Waals surface area contributed by atoms with E-state index in [1.807, 2.05) is 36.4 Å². The van der Waals surface area contributed by atoms with Gasteiger partial charge in [0, 0.05) is 11.1 Å². The summed E-state index contributed by atoms with van der Waals surface area (Å²) < 4.78 is 15.6. The first-order valence-corrected chi connectivity index (χ1v) is 12.7. The van der Waals surface area contributed by atoms with Crippen LogP contribution in [0.2, 0.25) is 5.02 Å². The summed E-state index contributed by atoms with van der Waals surface area (Å²) in [6, 6.07) is 16.1. The van der Waals surface area contributed by atoms with Gasteiger partial charge in [-0.05, 0) is 53.9 Å². The number of benzene rings is 3. The van der Waals surface area contributed by atoms with Gasteiger partial charge >= 0.3 is 5.97 Å². The summed E-state index contributed by atoms with van der Waals surface area (Å²) in [5, 5.41) is 4.14. The van der Waals surface area contributed by atoms with Crippen molar-refractivity contribution in [3.8, 4) is 11.5 Å². The van der Waals surface area contributed by atoms with Crippen LogP contribution in [0.3, 0.4) is 0 Å². The van der Waals surface area contributed by atoms with Gasteiger partial charge in [-0.2, -0.15) is 0 Å². The molecule has 9 nitrogen and oxygen atoms in total. The van der Waals surface area contributed by atoms with Crippen LogP contribution in [0, 0.1) is 0 Å². The number of carbonyl (C=O) groups is 4. The molecule has 0 atom stereocenters. The van der Waals surface area contributed by atoms with E-state index in [2.05, 4.69) is 5.32 Å². The molecule has 1 saturated heterocycles. The Balaban J connectivity index is 1.47. The third-order valence-electron chi connectivity index (χ3n) is 5.43. The minimum atomic E-state index is -0.606. The first-order valence-electron chi connectivity index (χ1n) is 11.5. The standard InChI is InChI=1S/C27H23ClN2O7S/c1-3-36-24(32)15-37-25-19(28)11-16(12-21(25)35-2)13-22-26(33)30(27(34)38-22)14-23(31)29-20-10-6-8-17-7-4-5-9-18(17)20/h4-13H,3,14-15H2,1-2H3,(H,29,31)/b22-13-. The number of carbonyl (C=O) groups excluding carboxylic acids is 4. The number of hydrogen-bond acceptors (Lipinski definition) is 8. The van der Waals surface area contributed by atoms with E-state index in [4.69, 9.17) is 25.8 Å². The molecule has 0 saturated carbocycles. The molecule has 3 aromatic carbocycles. The largest absolute Gasteiger partial charge is 0.493 e. The molecule has 0 spiro atoms. The second-order valence-electron chi connectivity index (χ2n) is 7.97. The van der Waals surface area contributed by atoms with Gasteiger partial charge in [0.2, 0.25) is 5.91 Å². The number of ether oxygens (including phenoxy) is 3. The highest BCUT2D eigenvalue weighted by molar-refractivity contribution is 8.18. The van der Waals surface area contributed by atoms with Gasteiger partial charge in [-0.3, -0.25) is 19.3 Å². The summed E-state index contributed by atoms with van der Waals surface area (Å²) >= 11 is 7.04. The maximum absolute atomic E-state index is 13.0. The minimum absolute atomic E-state index is 0.117. The van der Waals surface area contributed by atoms with Crippen LogP contribution in [0.25, 0.3) is 16.8 Å². The molecule has 1 heterocycles. The van der Waals surface area contributed by atoms with Crippen molar-refractivity contribution in [2.45, 2.75) is 6.92 Å². The summed E-state index contributed by atoms with van der Waals surface area (Å²) in [5.74, 6) is -1.31. The number of methoxy groups -OCH3 is 1. The van der Waals surface area contributed by atoms with Gasteiger partial charge in [0.25, 0.3) is 11.1 Å². The van der Waals surface area contributed by atoms with Gasteiger partial charge in [0.15, 0.2) is 18.1 Å². The Labute approximate surface area is 227 Å². The molecular formula is C27H23ClN2O7S. The molecule has 0 bridgehead atoms. The van der Waals surface area contributed by atoms with Gasteiger partial charge in [0.1, 0.15) is 6.54 Å². The van der Waals surface area contributed by atoms with Crippen LogP contribution in [0.1, 0.15) is 12.5 Å². The van der Waals surface area contributed by atoms with Crippen molar-refractivity contribution >= 4 is 68.9 Å². The van der Waals surface area contributed by atoms with Crippen molar-refractivity contribution in [1.82, 2.24) is 4.90 Å². The molecule has 0 aliphatic carbocycles. The maximum Gasteiger partial charge on any atom is 0.344 e. The number of fused-ring (bicyclic) bond motifs is 1. The number of imide groups is 1. The average molecular weight is 555 g/mol. The third-order valence-corrected chi connectivity index (χ3v) is 6.62. The molecule has 11 heteroatoms. The number of nitrogens with zero attached hydrogens (tertiary/aromatic N) is 1. The van der Waals surface area contributed by atoms with Gasteiger partial charge in [-0.25, -0.2) is 4.79 Å². The summed E-state index contributed by atoms with van der Waals surface area (Å²) in [4.78, 5) is 50.9. The van der Waals surface area contributed by atoms with Crippen molar-refractivity contribution in [3.05, 3.63) is 70.1 Å². The van der Waals surface area contributed by atoms with Crippen LogP contribution in [0.5, 0.6) is 11.5 Å². The molecule has 196 valence electrons. The van der Waals surface area contributed by atoms with E-state index in [-0.39, 0.29) is 34.6 Å². The van der Waals surface area contributed by atoms with Crippen LogP contribution in [-0.2, 0) is 19.1 Å². The predicted molar refractivity (Wildman–Crippen MR) is 145 cm³/mol. The number of halogens is 1. The lowest BCUT2D eigenvalue weighted by molar-refractivity contribution is -0.145. The lowest BCUT2D eigenvalue weighted by atomic mass is 10.1. The Morgan fingerprint density at radius 1 is 1.11 bits per heavy atom. The fraction of sp³-hybridized carbons (Fsp3) is 0.185. The van der Waals surface area contributed by atoms with Crippen LogP contribution < -0.4 is 14.8 Å². The zero-order valence-corrected chi connectivity index (χ0v) is 22.1. The first-order chi connectivity index (χ1) is 18.3. The highest BCUT2D eigenvalue weighted by Crippen LogP contribution is 2.39. The fourth-order valence-corrected chi connectivity index (χ4v) is 4.86. The molecule has 1 aliphatic rings. The highest BCUT2D eigenvalue weighted by atomic mass is 35.5. The molecule has 1 fully saturated rings. The molecule has 0 radical (unpaired) electrons. The molecule has 3 aromatic rings. The SMILES string of the molecule is CCOC(=O)COc1c(Cl)cc(/C=C2\SC(=O)N(CC(=O)Nc3cccc4ccccc34)C2=O)cc1OC. The lowest BCUT2D eigenvalue weighted by Gasteiger charge is -2.14. The van der Waals surface area contributed by atoms with E-state index in [0.29, 0.717) is 23.0 Å². The van der Waals surface area contributed by atoms with Crippen LogP contribution >= 0.6 is 23.4 Å². The van der Waals surface area contributed by atoms with Gasteiger partial charge in [0.05, 0.1) is 23.6 Å². The normalized spacial score (nSPS) is 14.2. The quantitative estimate of drug-likeness (QED) is 0.287. The molecular weight excluding hydrogens is 532 g/mol. The third kappa shape index (κ3) is 6.09. The molecule has 4 rings (SSSR count). The summed E-state index contributed by atoms with van der Waals surface area (Å²) in [7, 11) is 1.40. The smallest absolute Gasteiger partial charge is 0.344 e. The molecule has 1 aliphatic heterocycles. The Hall–Kier alpha value is -4.02. The number of anilines is 1. The van der Waals surface area contributed by atoms with Gasteiger partial charge < -0.3 is 19.5 Å². The van der Waals surface area contributed by atoms with Gasteiger partial charge in [-0.15, -0.1) is 0 Å². The molecule has 1 N–H and O–H groups in total. The number of amides is 3. The van der Waals surface area contributed by atoms with E-state index < -0.39 is 29.6 Å². The number of nitrogens with one attached hydrogen (secondary N) is 1. The first kappa shape index (κ1) is 27.0. The fourth-order valence-electron chi connectivity index (χ4n) is 3.75.